The molecule has 1 aliphatic rings. The Morgan fingerprint density at radius 3 is 2.59 bits per heavy atom. The van der Waals surface area contributed by atoms with E-state index in [2.05, 4.69) is 50.8 Å². The van der Waals surface area contributed by atoms with Crippen molar-refractivity contribution in [2.75, 3.05) is 13.1 Å². The van der Waals surface area contributed by atoms with Gasteiger partial charge in [0.25, 0.3) is 0 Å². The molecule has 0 aromatic heterocycles. The van der Waals surface area contributed by atoms with Crippen molar-refractivity contribution in [3.8, 4) is 12.3 Å². The van der Waals surface area contributed by atoms with Crippen LogP contribution in [0.2, 0.25) is 0 Å². The Hall–Kier alpha value is -0.520. The molecule has 17 heavy (non-hydrogen) atoms. The summed E-state index contributed by atoms with van der Waals surface area (Å²) in [4.78, 5) is 2.51. The highest BCUT2D eigenvalue weighted by molar-refractivity contribution is 5.11. The molecule has 1 aliphatic heterocycles. The number of rotatable bonds is 4. The number of hydrogen-bond donors (Lipinski definition) is 1. The Kier molecular flexibility index (Phi) is 5.04. The van der Waals surface area contributed by atoms with Gasteiger partial charge in [-0.3, -0.25) is 4.90 Å². The smallest absolute Gasteiger partial charge is 0.0769 e. The zero-order valence-corrected chi connectivity index (χ0v) is 12.1. The molecule has 0 aliphatic carbocycles. The second kappa shape index (κ2) is 5.89. The van der Waals surface area contributed by atoms with Crippen LogP contribution in [-0.2, 0) is 0 Å². The third-order valence-electron chi connectivity index (χ3n) is 3.80. The molecule has 0 amide bonds. The summed E-state index contributed by atoms with van der Waals surface area (Å²) in [7, 11) is 0. The van der Waals surface area contributed by atoms with E-state index < -0.39 is 0 Å². The van der Waals surface area contributed by atoms with E-state index in [4.69, 9.17) is 6.42 Å². The number of nitrogens with one attached hydrogen (secondary N) is 1. The van der Waals surface area contributed by atoms with Gasteiger partial charge in [0.1, 0.15) is 0 Å². The predicted molar refractivity (Wildman–Crippen MR) is 74.9 cm³/mol. The molecule has 1 rings (SSSR count). The van der Waals surface area contributed by atoms with Gasteiger partial charge in [0.05, 0.1) is 5.54 Å². The first-order valence-corrected chi connectivity index (χ1v) is 6.88. The van der Waals surface area contributed by atoms with Crippen LogP contribution in [0.25, 0.3) is 0 Å². The van der Waals surface area contributed by atoms with Crippen molar-refractivity contribution in [3.63, 3.8) is 0 Å². The summed E-state index contributed by atoms with van der Waals surface area (Å²) in [6.45, 7) is 13.3. The van der Waals surface area contributed by atoms with Gasteiger partial charge in [-0.15, -0.1) is 6.42 Å². The third kappa shape index (κ3) is 3.72. The molecule has 0 bridgehead atoms. The maximum Gasteiger partial charge on any atom is 0.0769 e. The minimum atomic E-state index is -0.127. The van der Waals surface area contributed by atoms with Gasteiger partial charge >= 0.3 is 0 Å². The van der Waals surface area contributed by atoms with Crippen LogP contribution in [0.5, 0.6) is 0 Å². The van der Waals surface area contributed by atoms with Gasteiger partial charge in [-0.05, 0) is 32.6 Å². The van der Waals surface area contributed by atoms with Crippen molar-refractivity contribution in [1.29, 1.82) is 0 Å². The first-order chi connectivity index (χ1) is 7.90. The fourth-order valence-corrected chi connectivity index (χ4v) is 2.72. The third-order valence-corrected chi connectivity index (χ3v) is 3.80. The fourth-order valence-electron chi connectivity index (χ4n) is 2.72. The lowest BCUT2D eigenvalue weighted by Crippen LogP contribution is -2.62. The van der Waals surface area contributed by atoms with E-state index in [1.807, 2.05) is 0 Å². The Labute approximate surface area is 107 Å². The average Bonchev–Trinajstić information content (AvgIpc) is 2.28. The minimum Gasteiger partial charge on any atom is -0.311 e. The first kappa shape index (κ1) is 14.5. The largest absolute Gasteiger partial charge is 0.311 e. The highest BCUT2D eigenvalue weighted by Crippen LogP contribution is 2.23. The van der Waals surface area contributed by atoms with Crippen LogP contribution in [0.4, 0.5) is 0 Å². The maximum absolute atomic E-state index is 5.69. The number of terminal acetylenes is 1. The van der Waals surface area contributed by atoms with E-state index in [-0.39, 0.29) is 5.54 Å². The van der Waals surface area contributed by atoms with Gasteiger partial charge in [-0.1, -0.05) is 26.7 Å². The first-order valence-electron chi connectivity index (χ1n) is 6.88. The monoisotopic (exact) mass is 236 g/mol. The minimum absolute atomic E-state index is 0.127. The SMILES string of the molecule is C#CC(C)(C)N1CC(CC(C)C)NCC1CC. The molecule has 1 saturated heterocycles. The predicted octanol–water partition coefficient (Wildman–Crippen LogP) is 2.50. The molecular weight excluding hydrogens is 208 g/mol. The highest BCUT2D eigenvalue weighted by Gasteiger charge is 2.35. The van der Waals surface area contributed by atoms with Crippen molar-refractivity contribution >= 4 is 0 Å². The lowest BCUT2D eigenvalue weighted by Gasteiger charge is -2.47. The number of piperazine rings is 1. The van der Waals surface area contributed by atoms with Crippen LogP contribution < -0.4 is 5.32 Å². The highest BCUT2D eigenvalue weighted by atomic mass is 15.3. The van der Waals surface area contributed by atoms with E-state index in [0.29, 0.717) is 12.1 Å². The van der Waals surface area contributed by atoms with Crippen molar-refractivity contribution < 1.29 is 0 Å². The Balaban J connectivity index is 2.72. The van der Waals surface area contributed by atoms with Crippen LogP contribution >= 0.6 is 0 Å². The molecule has 0 spiro atoms. The van der Waals surface area contributed by atoms with E-state index in [1.54, 1.807) is 0 Å². The summed E-state index contributed by atoms with van der Waals surface area (Å²) >= 11 is 0. The molecular formula is C15H28N2. The summed E-state index contributed by atoms with van der Waals surface area (Å²) in [5.74, 6) is 3.68. The van der Waals surface area contributed by atoms with Gasteiger partial charge in [0, 0.05) is 25.2 Å². The zero-order valence-electron chi connectivity index (χ0n) is 12.1. The quantitative estimate of drug-likeness (QED) is 0.755. The molecule has 0 aromatic rings. The van der Waals surface area contributed by atoms with Gasteiger partial charge < -0.3 is 5.32 Å². The Morgan fingerprint density at radius 2 is 2.12 bits per heavy atom. The summed E-state index contributed by atoms with van der Waals surface area (Å²) < 4.78 is 0. The maximum atomic E-state index is 5.69. The topological polar surface area (TPSA) is 15.3 Å². The fraction of sp³-hybridized carbons (Fsp3) is 0.867. The molecule has 98 valence electrons. The second-order valence-electron chi connectivity index (χ2n) is 6.15. The van der Waals surface area contributed by atoms with Crippen molar-refractivity contribution in [2.45, 2.75) is 65.1 Å². The van der Waals surface area contributed by atoms with Crippen LogP contribution in [-0.4, -0.2) is 35.6 Å². The summed E-state index contributed by atoms with van der Waals surface area (Å²) in [5, 5.41) is 3.67. The molecule has 1 heterocycles. The molecule has 2 atom stereocenters. The normalized spacial score (nSPS) is 27.1. The summed E-state index contributed by atoms with van der Waals surface area (Å²) in [5.41, 5.74) is -0.127. The van der Waals surface area contributed by atoms with Crippen molar-refractivity contribution in [1.82, 2.24) is 10.2 Å². The van der Waals surface area contributed by atoms with E-state index >= 15 is 0 Å². The summed E-state index contributed by atoms with van der Waals surface area (Å²) in [6.07, 6.45) is 8.08. The van der Waals surface area contributed by atoms with Crippen LogP contribution in [0.3, 0.4) is 0 Å². The van der Waals surface area contributed by atoms with E-state index in [0.717, 1.165) is 25.4 Å². The lowest BCUT2D eigenvalue weighted by molar-refractivity contribution is 0.0560. The van der Waals surface area contributed by atoms with Crippen LogP contribution in [0, 0.1) is 18.3 Å². The summed E-state index contributed by atoms with van der Waals surface area (Å²) in [6, 6.07) is 1.16. The van der Waals surface area contributed by atoms with Crippen LogP contribution in [0.1, 0.15) is 47.5 Å². The molecule has 2 heteroatoms. The number of hydrogen-bond acceptors (Lipinski definition) is 2. The Morgan fingerprint density at radius 1 is 1.47 bits per heavy atom. The second-order valence-corrected chi connectivity index (χ2v) is 6.15. The van der Waals surface area contributed by atoms with Gasteiger partial charge in [0.15, 0.2) is 0 Å². The molecule has 1 N–H and O–H groups in total. The molecule has 1 fully saturated rings. The molecule has 0 radical (unpaired) electrons. The molecule has 2 unspecified atom stereocenters. The van der Waals surface area contributed by atoms with Gasteiger partial charge in [0.2, 0.25) is 0 Å². The Bertz CT molecular complexity index is 275. The van der Waals surface area contributed by atoms with Gasteiger partial charge in [-0.2, -0.15) is 0 Å². The zero-order chi connectivity index (χ0) is 13.1. The van der Waals surface area contributed by atoms with Crippen molar-refractivity contribution in [2.24, 2.45) is 5.92 Å². The molecule has 2 nitrogen and oxygen atoms in total. The van der Waals surface area contributed by atoms with Gasteiger partial charge in [-0.25, -0.2) is 0 Å². The van der Waals surface area contributed by atoms with Crippen molar-refractivity contribution in [3.05, 3.63) is 0 Å². The molecule has 0 saturated carbocycles. The lowest BCUT2D eigenvalue weighted by atomic mass is 9.93. The molecule has 0 aromatic carbocycles. The van der Waals surface area contributed by atoms with E-state index in [1.165, 1.54) is 6.42 Å². The standard InChI is InChI=1S/C15H28N2/c1-7-14-10-16-13(9-12(3)4)11-17(14)15(5,6)8-2/h2,12-14,16H,7,9-11H2,1,3-6H3. The number of nitrogens with zero attached hydrogens (tertiary/aromatic N) is 1. The van der Waals surface area contributed by atoms with Crippen LogP contribution in [0.15, 0.2) is 0 Å². The average molecular weight is 236 g/mol. The van der Waals surface area contributed by atoms with E-state index in [9.17, 15) is 0 Å².